The summed E-state index contributed by atoms with van der Waals surface area (Å²) >= 11 is 0. The zero-order chi connectivity index (χ0) is 22.2. The number of allylic oxidation sites excluding steroid dienone is 1. The first-order chi connectivity index (χ1) is 15.0. The fourth-order valence-electron chi connectivity index (χ4n) is 3.07. The largest absolute Gasteiger partial charge is 0.497 e. The van der Waals surface area contributed by atoms with Crippen LogP contribution in [0.15, 0.2) is 60.7 Å². The Labute approximate surface area is 181 Å². The van der Waals surface area contributed by atoms with Crippen LogP contribution in [0.4, 0.5) is 0 Å². The van der Waals surface area contributed by atoms with E-state index >= 15 is 0 Å². The highest BCUT2D eigenvalue weighted by Gasteiger charge is 2.08. The van der Waals surface area contributed by atoms with Crippen molar-refractivity contribution in [1.82, 2.24) is 5.32 Å². The summed E-state index contributed by atoms with van der Waals surface area (Å²) < 4.78 is 16.1. The van der Waals surface area contributed by atoms with Gasteiger partial charge in [-0.15, -0.1) is 0 Å². The van der Waals surface area contributed by atoms with Gasteiger partial charge in [-0.1, -0.05) is 30.3 Å². The van der Waals surface area contributed by atoms with Crippen molar-refractivity contribution in [2.45, 2.75) is 6.92 Å². The molecule has 6 heteroatoms. The van der Waals surface area contributed by atoms with Crippen LogP contribution in [-0.4, -0.2) is 39.1 Å². The molecule has 160 valence electrons. The molecule has 0 saturated carbocycles. The van der Waals surface area contributed by atoms with Crippen LogP contribution >= 0.6 is 0 Å². The number of rotatable bonds is 9. The highest BCUT2D eigenvalue weighted by atomic mass is 16.5. The predicted octanol–water partition coefficient (Wildman–Crippen LogP) is 4.27. The Balaban J connectivity index is 1.72. The molecule has 0 saturated heterocycles. The molecule has 3 aromatic rings. The molecule has 0 atom stereocenters. The van der Waals surface area contributed by atoms with Crippen LogP contribution < -0.4 is 19.5 Å². The first kappa shape index (κ1) is 21.9. The zero-order valence-corrected chi connectivity index (χ0v) is 17.8. The fourth-order valence-corrected chi connectivity index (χ4v) is 3.07. The van der Waals surface area contributed by atoms with Crippen molar-refractivity contribution >= 4 is 28.5 Å². The average Bonchev–Trinajstić information content (AvgIpc) is 2.80. The molecule has 3 aromatic carbocycles. The normalized spacial score (nSPS) is 10.8. The Hall–Kier alpha value is -3.80. The lowest BCUT2D eigenvalue weighted by Crippen LogP contribution is -2.28. The van der Waals surface area contributed by atoms with E-state index in [0.29, 0.717) is 23.6 Å². The van der Waals surface area contributed by atoms with Crippen molar-refractivity contribution in [3.63, 3.8) is 0 Å². The summed E-state index contributed by atoms with van der Waals surface area (Å²) in [6, 6.07) is 16.6. The molecule has 0 bridgehead atoms. The van der Waals surface area contributed by atoms with E-state index in [4.69, 9.17) is 14.2 Å². The molecule has 0 aliphatic carbocycles. The second kappa shape index (κ2) is 10.3. The highest BCUT2D eigenvalue weighted by Crippen LogP contribution is 2.29. The van der Waals surface area contributed by atoms with E-state index in [0.717, 1.165) is 22.1 Å². The number of methoxy groups -OCH3 is 2. The summed E-state index contributed by atoms with van der Waals surface area (Å²) in [6.07, 6.45) is 3.24. The second-order valence-corrected chi connectivity index (χ2v) is 6.78. The van der Waals surface area contributed by atoms with Crippen LogP contribution in [0.3, 0.4) is 0 Å². The lowest BCUT2D eigenvalue weighted by molar-refractivity contribution is -0.123. The molecule has 0 unspecified atom stereocenters. The minimum absolute atomic E-state index is 0.0916. The number of benzene rings is 3. The molecule has 0 heterocycles. The summed E-state index contributed by atoms with van der Waals surface area (Å²) in [5.41, 5.74) is 1.38. The molecular weight excluding hydrogens is 394 g/mol. The highest BCUT2D eigenvalue weighted by molar-refractivity contribution is 6.08. The maximum absolute atomic E-state index is 12.6. The summed E-state index contributed by atoms with van der Waals surface area (Å²) in [5.74, 6) is 1.42. The summed E-state index contributed by atoms with van der Waals surface area (Å²) in [4.78, 5) is 24.2. The SMILES string of the molecule is CCNC(=O)COc1ccc(C=CC(=O)c2ccc3cc(OC)ccc3c2)cc1OC. The molecule has 0 fully saturated rings. The van der Waals surface area contributed by atoms with Gasteiger partial charge in [0.1, 0.15) is 5.75 Å². The van der Waals surface area contributed by atoms with Gasteiger partial charge in [-0.3, -0.25) is 9.59 Å². The van der Waals surface area contributed by atoms with Gasteiger partial charge in [-0.05, 0) is 59.7 Å². The van der Waals surface area contributed by atoms with E-state index in [2.05, 4.69) is 5.32 Å². The Morgan fingerprint density at radius 1 is 0.903 bits per heavy atom. The van der Waals surface area contributed by atoms with Crippen molar-refractivity contribution in [3.8, 4) is 17.2 Å². The van der Waals surface area contributed by atoms with Gasteiger partial charge in [-0.25, -0.2) is 0 Å². The lowest BCUT2D eigenvalue weighted by Gasteiger charge is -2.11. The van der Waals surface area contributed by atoms with E-state index in [1.807, 2.05) is 37.3 Å². The first-order valence-corrected chi connectivity index (χ1v) is 9.91. The molecule has 31 heavy (non-hydrogen) atoms. The topological polar surface area (TPSA) is 73.9 Å². The molecule has 3 rings (SSSR count). The number of nitrogens with one attached hydrogen (secondary N) is 1. The summed E-state index contributed by atoms with van der Waals surface area (Å²) in [6.45, 7) is 2.30. The number of ether oxygens (including phenoxy) is 3. The first-order valence-electron chi connectivity index (χ1n) is 9.91. The van der Waals surface area contributed by atoms with Crippen LogP contribution in [0.5, 0.6) is 17.2 Å². The third kappa shape index (κ3) is 5.63. The van der Waals surface area contributed by atoms with Gasteiger partial charge in [0.25, 0.3) is 5.91 Å². The number of ketones is 1. The van der Waals surface area contributed by atoms with Gasteiger partial charge < -0.3 is 19.5 Å². The Kier molecular flexibility index (Phi) is 7.27. The Bertz CT molecular complexity index is 1120. The molecule has 0 radical (unpaired) electrons. The van der Waals surface area contributed by atoms with E-state index in [-0.39, 0.29) is 18.3 Å². The predicted molar refractivity (Wildman–Crippen MR) is 121 cm³/mol. The number of carbonyl (C=O) groups is 2. The van der Waals surface area contributed by atoms with Crippen LogP contribution in [0.2, 0.25) is 0 Å². The number of amides is 1. The Morgan fingerprint density at radius 2 is 1.68 bits per heavy atom. The third-order valence-electron chi connectivity index (χ3n) is 4.68. The zero-order valence-electron chi connectivity index (χ0n) is 17.8. The van der Waals surface area contributed by atoms with Crippen molar-refractivity contribution < 1.29 is 23.8 Å². The number of fused-ring (bicyclic) bond motifs is 1. The van der Waals surface area contributed by atoms with Gasteiger partial charge in [0.15, 0.2) is 23.9 Å². The molecule has 0 aliphatic rings. The van der Waals surface area contributed by atoms with Gasteiger partial charge in [0.2, 0.25) is 0 Å². The molecule has 6 nitrogen and oxygen atoms in total. The van der Waals surface area contributed by atoms with Crippen molar-refractivity contribution in [2.24, 2.45) is 0 Å². The van der Waals surface area contributed by atoms with Crippen molar-refractivity contribution in [3.05, 3.63) is 71.8 Å². The maximum Gasteiger partial charge on any atom is 0.257 e. The quantitative estimate of drug-likeness (QED) is 0.414. The van der Waals surface area contributed by atoms with Crippen LogP contribution in [0.25, 0.3) is 16.8 Å². The van der Waals surface area contributed by atoms with E-state index in [1.165, 1.54) is 13.2 Å². The van der Waals surface area contributed by atoms with Gasteiger partial charge >= 0.3 is 0 Å². The fraction of sp³-hybridized carbons (Fsp3) is 0.200. The molecule has 0 aromatic heterocycles. The minimum atomic E-state index is -0.201. The average molecular weight is 419 g/mol. The van der Waals surface area contributed by atoms with Gasteiger partial charge in [0, 0.05) is 12.1 Å². The molecule has 0 aliphatic heterocycles. The molecule has 0 spiro atoms. The maximum atomic E-state index is 12.6. The smallest absolute Gasteiger partial charge is 0.257 e. The molecular formula is C25H25NO5. The standard InChI is InChI=1S/C25H25NO5/c1-4-26-25(28)16-31-23-12-6-17(13-24(23)30-3)5-11-22(27)20-8-7-19-15-21(29-2)10-9-18(19)14-20/h5-15H,4,16H2,1-3H3,(H,26,28). The summed E-state index contributed by atoms with van der Waals surface area (Å²) in [7, 11) is 3.15. The minimum Gasteiger partial charge on any atom is -0.497 e. The van der Waals surface area contributed by atoms with Gasteiger partial charge in [0.05, 0.1) is 14.2 Å². The number of likely N-dealkylation sites (N-methyl/N-ethyl adjacent to an activating group) is 1. The summed E-state index contributed by atoms with van der Waals surface area (Å²) in [5, 5.41) is 4.65. The number of hydrogen-bond acceptors (Lipinski definition) is 5. The second-order valence-electron chi connectivity index (χ2n) is 6.78. The van der Waals surface area contributed by atoms with E-state index < -0.39 is 0 Å². The van der Waals surface area contributed by atoms with Crippen LogP contribution in [-0.2, 0) is 4.79 Å². The van der Waals surface area contributed by atoms with Crippen LogP contribution in [0, 0.1) is 0 Å². The monoisotopic (exact) mass is 419 g/mol. The molecule has 1 N–H and O–H groups in total. The number of hydrogen-bond donors (Lipinski definition) is 1. The van der Waals surface area contributed by atoms with Gasteiger partial charge in [-0.2, -0.15) is 0 Å². The number of carbonyl (C=O) groups excluding carboxylic acids is 2. The van der Waals surface area contributed by atoms with E-state index in [1.54, 1.807) is 37.5 Å². The molecule has 1 amide bonds. The van der Waals surface area contributed by atoms with E-state index in [9.17, 15) is 9.59 Å². The van der Waals surface area contributed by atoms with Crippen molar-refractivity contribution in [2.75, 3.05) is 27.4 Å². The third-order valence-corrected chi connectivity index (χ3v) is 4.68. The Morgan fingerprint density at radius 3 is 2.42 bits per heavy atom. The van der Waals surface area contributed by atoms with Crippen molar-refractivity contribution in [1.29, 1.82) is 0 Å². The van der Waals surface area contributed by atoms with Crippen LogP contribution in [0.1, 0.15) is 22.8 Å². The lowest BCUT2D eigenvalue weighted by atomic mass is 10.0.